The summed E-state index contributed by atoms with van der Waals surface area (Å²) in [4.78, 5) is 0. The van der Waals surface area contributed by atoms with Crippen LogP contribution in [0.3, 0.4) is 0 Å². The molecule has 0 atom stereocenters. The third-order valence-electron chi connectivity index (χ3n) is 1.05. The van der Waals surface area contributed by atoms with Crippen molar-refractivity contribution in [1.82, 2.24) is 0 Å². The quantitative estimate of drug-likeness (QED) is 0.534. The number of rotatable bonds is 4. The molecule has 0 aliphatic heterocycles. The van der Waals surface area contributed by atoms with E-state index in [1.807, 2.05) is 55.5 Å². The second-order valence-corrected chi connectivity index (χ2v) is 2.01. The Morgan fingerprint density at radius 3 is 2.00 bits per heavy atom. The average molecular weight is 147 g/mol. The Labute approximate surface area is 69.6 Å². The van der Waals surface area contributed by atoms with Crippen molar-refractivity contribution in [3.8, 4) is 0 Å². The molecule has 0 fully saturated rings. The van der Waals surface area contributed by atoms with Gasteiger partial charge in [-0.2, -0.15) is 0 Å². The highest BCUT2D eigenvalue weighted by Crippen LogP contribution is 1.83. The molecule has 0 rings (SSSR count). The van der Waals surface area contributed by atoms with Gasteiger partial charge in [0.15, 0.2) is 0 Å². The molecule has 0 heterocycles. The van der Waals surface area contributed by atoms with Crippen LogP contribution in [0.1, 0.15) is 13.3 Å². The van der Waals surface area contributed by atoms with Gasteiger partial charge in [0.2, 0.25) is 0 Å². The van der Waals surface area contributed by atoms with Crippen LogP contribution in [0, 0.1) is 6.92 Å². The Kier molecular flexibility index (Phi) is 8.11. The minimum atomic E-state index is 0.850. The van der Waals surface area contributed by atoms with E-state index in [2.05, 4.69) is 6.92 Å². The Morgan fingerprint density at radius 2 is 1.45 bits per heavy atom. The first-order valence-electron chi connectivity index (χ1n) is 3.82. The van der Waals surface area contributed by atoms with Gasteiger partial charge in [0.1, 0.15) is 0 Å². The van der Waals surface area contributed by atoms with Crippen LogP contribution in [0.25, 0.3) is 0 Å². The van der Waals surface area contributed by atoms with Crippen molar-refractivity contribution in [2.75, 3.05) is 0 Å². The lowest BCUT2D eigenvalue weighted by Crippen LogP contribution is -1.52. The van der Waals surface area contributed by atoms with E-state index in [9.17, 15) is 0 Å². The normalized spacial score (nSPS) is 13.3. The molecule has 59 valence electrons. The summed E-state index contributed by atoms with van der Waals surface area (Å²) < 4.78 is 0. The van der Waals surface area contributed by atoms with E-state index in [0.717, 1.165) is 6.42 Å². The number of hydrogen-bond acceptors (Lipinski definition) is 0. The summed E-state index contributed by atoms with van der Waals surface area (Å²) in [5, 5.41) is 0. The maximum Gasteiger partial charge on any atom is -0.0347 e. The predicted molar refractivity (Wildman–Crippen MR) is 52.2 cm³/mol. The molecule has 0 aromatic carbocycles. The minimum absolute atomic E-state index is 0.850. The maximum atomic E-state index is 3.68. The van der Waals surface area contributed by atoms with Gasteiger partial charge in [-0.1, -0.05) is 48.6 Å². The molecule has 0 aliphatic rings. The van der Waals surface area contributed by atoms with Crippen molar-refractivity contribution in [2.45, 2.75) is 13.3 Å². The molecule has 0 aromatic rings. The lowest BCUT2D eigenvalue weighted by Gasteiger charge is -1.73. The summed E-state index contributed by atoms with van der Waals surface area (Å²) in [5.74, 6) is 0. The second kappa shape index (κ2) is 8.96. The monoisotopic (exact) mass is 147 g/mol. The van der Waals surface area contributed by atoms with Gasteiger partial charge in [-0.25, -0.2) is 0 Å². The van der Waals surface area contributed by atoms with Crippen molar-refractivity contribution in [3.05, 3.63) is 55.5 Å². The van der Waals surface area contributed by atoms with Crippen LogP contribution in [0.2, 0.25) is 0 Å². The van der Waals surface area contributed by atoms with Gasteiger partial charge < -0.3 is 0 Å². The van der Waals surface area contributed by atoms with Crippen LogP contribution in [0.5, 0.6) is 0 Å². The van der Waals surface area contributed by atoms with Crippen molar-refractivity contribution in [2.24, 2.45) is 0 Å². The molecule has 0 saturated carbocycles. The zero-order chi connectivity index (χ0) is 8.36. The first kappa shape index (κ1) is 9.96. The van der Waals surface area contributed by atoms with Crippen LogP contribution in [0.4, 0.5) is 0 Å². The molecule has 0 spiro atoms. The van der Waals surface area contributed by atoms with Crippen molar-refractivity contribution in [1.29, 1.82) is 0 Å². The molecule has 0 heteroatoms. The molecule has 0 aliphatic carbocycles. The van der Waals surface area contributed by atoms with E-state index < -0.39 is 0 Å². The number of allylic oxidation sites excluding steroid dienone is 8. The SMILES string of the molecule is [CH2]C/C=C/C=C/C=C/C=C/C. The molecule has 0 bridgehead atoms. The van der Waals surface area contributed by atoms with Gasteiger partial charge in [0.05, 0.1) is 0 Å². The standard InChI is InChI=1S/C11H15/c1-3-5-7-9-11-10-8-6-4-2/h4-11H,1,3H2,2H3/b6-4+,7-5+,10-8+,11-9+. The van der Waals surface area contributed by atoms with Crippen LogP contribution < -0.4 is 0 Å². The van der Waals surface area contributed by atoms with E-state index in [-0.39, 0.29) is 0 Å². The Hall–Kier alpha value is -1.04. The summed E-state index contributed by atoms with van der Waals surface area (Å²) >= 11 is 0. The van der Waals surface area contributed by atoms with Gasteiger partial charge in [-0.15, -0.1) is 0 Å². The van der Waals surface area contributed by atoms with Crippen LogP contribution in [0.15, 0.2) is 48.6 Å². The third-order valence-corrected chi connectivity index (χ3v) is 1.05. The van der Waals surface area contributed by atoms with Gasteiger partial charge >= 0.3 is 0 Å². The largest absolute Gasteiger partial charge is 0.0877 e. The highest BCUT2D eigenvalue weighted by molar-refractivity contribution is 5.14. The summed E-state index contributed by atoms with van der Waals surface area (Å²) in [6, 6.07) is 0. The molecule has 0 nitrogen and oxygen atoms in total. The molecular weight excluding hydrogens is 132 g/mol. The highest BCUT2D eigenvalue weighted by atomic mass is 13.7. The van der Waals surface area contributed by atoms with E-state index >= 15 is 0 Å². The topological polar surface area (TPSA) is 0 Å². The van der Waals surface area contributed by atoms with Crippen LogP contribution in [-0.2, 0) is 0 Å². The number of hydrogen-bond donors (Lipinski definition) is 0. The summed E-state index contributed by atoms with van der Waals surface area (Å²) in [6.07, 6.45) is 16.8. The van der Waals surface area contributed by atoms with E-state index in [4.69, 9.17) is 0 Å². The predicted octanol–water partition coefficient (Wildman–Crippen LogP) is 3.46. The summed E-state index contributed by atoms with van der Waals surface area (Å²) in [5.41, 5.74) is 0. The first-order chi connectivity index (χ1) is 5.41. The van der Waals surface area contributed by atoms with Crippen molar-refractivity contribution >= 4 is 0 Å². The zero-order valence-electron chi connectivity index (χ0n) is 7.03. The summed E-state index contributed by atoms with van der Waals surface area (Å²) in [6.45, 7) is 5.68. The lowest BCUT2D eigenvalue weighted by atomic mass is 10.3. The Bertz CT molecular complexity index is 168. The van der Waals surface area contributed by atoms with Crippen molar-refractivity contribution in [3.63, 3.8) is 0 Å². The van der Waals surface area contributed by atoms with Gasteiger partial charge in [-0.05, 0) is 20.3 Å². The zero-order valence-corrected chi connectivity index (χ0v) is 7.03. The molecule has 0 saturated heterocycles. The smallest absolute Gasteiger partial charge is 0.0347 e. The molecule has 0 amide bonds. The maximum absolute atomic E-state index is 3.68. The Morgan fingerprint density at radius 1 is 0.909 bits per heavy atom. The minimum Gasteiger partial charge on any atom is -0.0877 e. The van der Waals surface area contributed by atoms with Crippen LogP contribution >= 0.6 is 0 Å². The third kappa shape index (κ3) is 8.96. The highest BCUT2D eigenvalue weighted by Gasteiger charge is 1.62. The fraction of sp³-hybridized carbons (Fsp3) is 0.182. The van der Waals surface area contributed by atoms with Crippen molar-refractivity contribution < 1.29 is 0 Å². The average Bonchev–Trinajstić information content (AvgIpc) is 2.03. The molecule has 1 radical (unpaired) electrons. The van der Waals surface area contributed by atoms with E-state index in [0.29, 0.717) is 0 Å². The Balaban J connectivity index is 3.51. The van der Waals surface area contributed by atoms with Gasteiger partial charge in [0.25, 0.3) is 0 Å². The summed E-state index contributed by atoms with van der Waals surface area (Å²) in [7, 11) is 0. The first-order valence-corrected chi connectivity index (χ1v) is 3.82. The van der Waals surface area contributed by atoms with Gasteiger partial charge in [0, 0.05) is 0 Å². The molecule has 0 N–H and O–H groups in total. The van der Waals surface area contributed by atoms with E-state index in [1.54, 1.807) is 0 Å². The second-order valence-electron chi connectivity index (χ2n) is 2.01. The fourth-order valence-corrected chi connectivity index (χ4v) is 0.543. The molecule has 11 heavy (non-hydrogen) atoms. The fourth-order valence-electron chi connectivity index (χ4n) is 0.543. The lowest BCUT2D eigenvalue weighted by molar-refractivity contribution is 1.40. The van der Waals surface area contributed by atoms with Gasteiger partial charge in [-0.3, -0.25) is 0 Å². The van der Waals surface area contributed by atoms with Crippen LogP contribution in [-0.4, -0.2) is 0 Å². The molecular formula is C11H15. The van der Waals surface area contributed by atoms with E-state index in [1.165, 1.54) is 0 Å². The molecule has 0 aromatic heterocycles. The molecule has 0 unspecified atom stereocenters.